The second-order valence-electron chi connectivity index (χ2n) is 16.6. The van der Waals surface area contributed by atoms with Crippen LogP contribution in [0.5, 0.6) is 0 Å². The van der Waals surface area contributed by atoms with E-state index in [-0.39, 0.29) is 0 Å². The Morgan fingerprint density at radius 2 is 0.613 bits per heavy atom. The minimum absolute atomic E-state index is 0.691. The summed E-state index contributed by atoms with van der Waals surface area (Å²) in [7, 11) is 0. The Hall–Kier alpha value is -6.41. The predicted molar refractivity (Wildman–Crippen MR) is 227 cm³/mol. The van der Waals surface area contributed by atoms with Gasteiger partial charge >= 0.3 is 49.4 Å². The van der Waals surface area contributed by atoms with E-state index in [1.807, 2.05) is 6.07 Å². The van der Waals surface area contributed by atoms with Gasteiger partial charge in [-0.3, -0.25) is 0 Å². The molecule has 7 aromatic rings. The fourth-order valence-corrected chi connectivity index (χ4v) is 8.67. The van der Waals surface area contributed by atoms with Gasteiger partial charge in [0.05, 0.1) is 49.9 Å². The number of alkyl halides is 24. The molecule has 0 aliphatic rings. The Morgan fingerprint density at radius 3 is 0.880 bits per heavy atom. The van der Waals surface area contributed by atoms with Gasteiger partial charge in [-0.2, -0.15) is 127 Å². The van der Waals surface area contributed by atoms with E-state index in [9.17, 15) is 105 Å². The average Bonchev–Trinajstić information content (AvgIpc) is 3.27. The van der Waals surface area contributed by atoms with Crippen LogP contribution >= 0.6 is 15.9 Å². The highest BCUT2D eigenvalue weighted by atomic mass is 79.9. The third-order valence-electron chi connectivity index (χ3n) is 11.5. The average molecular weight is 1160 g/mol. The van der Waals surface area contributed by atoms with Gasteiger partial charge in [-0.15, -0.1) is 0 Å². The molecular weight excluding hydrogens is 1140 g/mol. The van der Waals surface area contributed by atoms with Gasteiger partial charge in [0.2, 0.25) is 0 Å². The summed E-state index contributed by atoms with van der Waals surface area (Å²) in [6, 6.07) is 10.1. The Morgan fingerprint density at radius 1 is 0.333 bits per heavy atom. The molecule has 0 spiro atoms. The standard InChI is InChI=1S/C32H12BF24.C16H13BrN/c34-25(35,36)13-1-14(26(37,38)39)6-21(5-13)33(22-7-15(27(40,41)42)2-16(8-22)28(43,44)45,23-9-17(29(46,47)48)3-18(10-23)30(49,50)51)24-11-19(31(52,53)54)4-20(12-24)32(55,56)57;17-16-8-4-7-14-9-10-18(12-15(14)16)11-13-5-2-1-3-6-13/h1-12H;1-10,12H,11H2/q-1;+1. The van der Waals surface area contributed by atoms with Gasteiger partial charge in [-0.1, -0.05) is 91.0 Å². The van der Waals surface area contributed by atoms with Crippen LogP contribution in [0.2, 0.25) is 0 Å². The second kappa shape index (κ2) is 19.9. The van der Waals surface area contributed by atoms with Crippen molar-refractivity contribution in [1.29, 1.82) is 0 Å². The molecule has 1 heterocycles. The summed E-state index contributed by atoms with van der Waals surface area (Å²) >= 11 is 3.60. The Labute approximate surface area is 414 Å². The summed E-state index contributed by atoms with van der Waals surface area (Å²) in [5, 5.41) is 2.50. The zero-order valence-electron chi connectivity index (χ0n) is 36.5. The number of aromatic nitrogens is 1. The van der Waals surface area contributed by atoms with E-state index < -0.39 is 195 Å². The smallest absolute Gasteiger partial charge is 0.200 e. The van der Waals surface area contributed by atoms with E-state index in [0.29, 0.717) is 0 Å². The summed E-state index contributed by atoms with van der Waals surface area (Å²) in [5.74, 6) is 0. The van der Waals surface area contributed by atoms with Crippen molar-refractivity contribution in [3.05, 3.63) is 194 Å². The Bertz CT molecular complexity index is 2760. The van der Waals surface area contributed by atoms with E-state index in [1.165, 1.54) is 16.3 Å². The number of benzene rings is 6. The molecule has 0 bridgehead atoms. The Kier molecular flexibility index (Phi) is 15.4. The van der Waals surface area contributed by atoms with Crippen molar-refractivity contribution >= 4 is 54.7 Å². The van der Waals surface area contributed by atoms with E-state index in [0.717, 1.165) is 11.0 Å². The van der Waals surface area contributed by atoms with Crippen LogP contribution in [0.3, 0.4) is 0 Å². The van der Waals surface area contributed by atoms with Crippen molar-refractivity contribution in [2.75, 3.05) is 0 Å². The van der Waals surface area contributed by atoms with Crippen molar-refractivity contribution in [3.8, 4) is 0 Å². The minimum atomic E-state index is -6.13. The lowest BCUT2D eigenvalue weighted by molar-refractivity contribution is -0.687. The zero-order valence-corrected chi connectivity index (χ0v) is 38.0. The molecule has 0 saturated carbocycles. The largest absolute Gasteiger partial charge is 0.416 e. The van der Waals surface area contributed by atoms with Crippen molar-refractivity contribution in [3.63, 3.8) is 0 Å². The summed E-state index contributed by atoms with van der Waals surface area (Å²) in [5.41, 5.74) is -28.9. The molecule has 1 nitrogen and oxygen atoms in total. The number of rotatable bonds is 6. The number of halogens is 25. The highest BCUT2D eigenvalue weighted by Gasteiger charge is 2.47. The lowest BCUT2D eigenvalue weighted by atomic mass is 9.12. The Balaban J connectivity index is 0.000000421. The fraction of sp³-hybridized carbons (Fsp3) is 0.188. The van der Waals surface area contributed by atoms with Crippen LogP contribution in [0.25, 0.3) is 10.8 Å². The lowest BCUT2D eigenvalue weighted by Gasteiger charge is -2.46. The predicted octanol–water partition coefficient (Wildman–Crippen LogP) is 15.2. The number of pyridine rings is 1. The lowest BCUT2D eigenvalue weighted by Crippen LogP contribution is -2.75. The first-order valence-corrected chi connectivity index (χ1v) is 21.4. The highest BCUT2D eigenvalue weighted by molar-refractivity contribution is 9.10. The summed E-state index contributed by atoms with van der Waals surface area (Å²) in [4.78, 5) is 0. The van der Waals surface area contributed by atoms with Crippen molar-refractivity contribution in [1.82, 2.24) is 0 Å². The van der Waals surface area contributed by atoms with Crippen molar-refractivity contribution < 1.29 is 110 Å². The molecule has 6 aromatic carbocycles. The SMILES string of the molecule is Brc1cccc2cc[n+](Cc3ccccc3)cc12.FC(F)(F)c1cc([B-](c2cc(C(F)(F)F)cc(C(F)(F)F)c2)(c2cc(C(F)(F)F)cc(C(F)(F)F)c2)c2cc(C(F)(F)F)cc(C(F)(F)F)c2)cc(C(F)(F)F)c1. The molecule has 0 atom stereocenters. The number of nitrogens with zero attached hydrogens (tertiary/aromatic N) is 1. The molecule has 400 valence electrons. The van der Waals surface area contributed by atoms with E-state index in [1.54, 1.807) is 0 Å². The summed E-state index contributed by atoms with van der Waals surface area (Å²) in [6.07, 6.45) is -50.5. The zero-order chi connectivity index (χ0) is 56.3. The molecule has 75 heavy (non-hydrogen) atoms. The molecule has 27 heteroatoms. The molecule has 0 saturated heterocycles. The molecule has 0 fully saturated rings. The van der Waals surface area contributed by atoms with E-state index in [2.05, 4.69) is 81.4 Å². The van der Waals surface area contributed by atoms with Gasteiger partial charge < -0.3 is 0 Å². The number of hydrogen-bond acceptors (Lipinski definition) is 0. The van der Waals surface area contributed by atoms with Gasteiger partial charge in [0.25, 0.3) is 0 Å². The maximum absolute atomic E-state index is 14.2. The van der Waals surface area contributed by atoms with Crippen LogP contribution in [0, 0.1) is 0 Å². The van der Waals surface area contributed by atoms with Gasteiger partial charge in [-0.05, 0) is 51.6 Å². The van der Waals surface area contributed by atoms with Gasteiger partial charge in [0.15, 0.2) is 18.9 Å². The number of hydrogen-bond donors (Lipinski definition) is 0. The van der Waals surface area contributed by atoms with Gasteiger partial charge in [-0.25, -0.2) is 4.57 Å². The second-order valence-corrected chi connectivity index (χ2v) is 17.4. The van der Waals surface area contributed by atoms with Gasteiger partial charge in [0, 0.05) is 16.1 Å². The first kappa shape index (κ1) is 57.9. The van der Waals surface area contributed by atoms with Crippen molar-refractivity contribution in [2.24, 2.45) is 0 Å². The third-order valence-corrected chi connectivity index (χ3v) is 12.2. The molecule has 7 rings (SSSR count). The van der Waals surface area contributed by atoms with Crippen LogP contribution in [-0.4, -0.2) is 6.15 Å². The topological polar surface area (TPSA) is 3.88 Å². The molecule has 0 aliphatic carbocycles. The van der Waals surface area contributed by atoms with Crippen LogP contribution in [0.1, 0.15) is 50.1 Å². The maximum atomic E-state index is 14.2. The summed E-state index contributed by atoms with van der Waals surface area (Å²) < 4.78 is 344. The molecule has 0 amide bonds. The van der Waals surface area contributed by atoms with Crippen LogP contribution in [0.4, 0.5) is 105 Å². The molecule has 0 radical (unpaired) electrons. The first-order valence-electron chi connectivity index (χ1n) is 20.6. The fourth-order valence-electron chi connectivity index (χ4n) is 8.18. The van der Waals surface area contributed by atoms with E-state index in [4.69, 9.17) is 0 Å². The maximum Gasteiger partial charge on any atom is 0.416 e. The summed E-state index contributed by atoms with van der Waals surface area (Å²) in [6.45, 7) is 0.901. The van der Waals surface area contributed by atoms with Crippen LogP contribution in [-0.2, 0) is 56.0 Å². The molecule has 1 aromatic heterocycles. The minimum Gasteiger partial charge on any atom is -0.200 e. The third kappa shape index (κ3) is 13.2. The molecule has 0 aliphatic heterocycles. The van der Waals surface area contributed by atoms with Crippen molar-refractivity contribution in [2.45, 2.75) is 56.0 Å². The molecule has 0 unspecified atom stereocenters. The van der Waals surface area contributed by atoms with Crippen LogP contribution in [0.15, 0.2) is 144 Å². The van der Waals surface area contributed by atoms with E-state index >= 15 is 0 Å². The first-order chi connectivity index (χ1) is 34.1. The quantitative estimate of drug-likeness (QED) is 0.0888. The highest BCUT2D eigenvalue weighted by Crippen LogP contribution is 2.41. The van der Waals surface area contributed by atoms with Gasteiger partial charge in [0.1, 0.15) is 6.15 Å². The molecule has 0 N–H and O–H groups in total. The monoisotopic (exact) mass is 1160 g/mol. The van der Waals surface area contributed by atoms with Crippen LogP contribution < -0.4 is 26.4 Å². The molecular formula is C48H25BBrF24N. The number of fused-ring (bicyclic) bond motifs is 1. The normalized spacial score (nSPS) is 13.5.